The second-order valence-electron chi connectivity index (χ2n) is 5.37. The Bertz CT molecular complexity index is 638. The molecular weight excluding hydrogens is 293 g/mol. The van der Waals surface area contributed by atoms with Crippen LogP contribution in [0.3, 0.4) is 0 Å². The van der Waals surface area contributed by atoms with Gasteiger partial charge in [-0.05, 0) is 42.7 Å². The van der Waals surface area contributed by atoms with Gasteiger partial charge in [-0.25, -0.2) is 4.39 Å². The second-order valence-corrected chi connectivity index (χ2v) is 5.37. The van der Waals surface area contributed by atoms with E-state index in [4.69, 9.17) is 0 Å². The highest BCUT2D eigenvalue weighted by atomic mass is 19.1. The van der Waals surface area contributed by atoms with Crippen LogP contribution in [0.15, 0.2) is 54.6 Å². The van der Waals surface area contributed by atoms with Crippen LogP contribution >= 0.6 is 0 Å². The zero-order valence-corrected chi connectivity index (χ0v) is 12.9. The smallest absolute Gasteiger partial charge is 0.220 e. The lowest BCUT2D eigenvalue weighted by atomic mass is 10.1. The Hall–Kier alpha value is -2.49. The molecule has 0 spiro atoms. The van der Waals surface area contributed by atoms with Crippen LogP contribution in [0.2, 0.25) is 0 Å². The molecule has 0 bridgehead atoms. The monoisotopic (exact) mass is 313 g/mol. The molecule has 0 radical (unpaired) electrons. The highest BCUT2D eigenvalue weighted by Crippen LogP contribution is 2.08. The van der Waals surface area contributed by atoms with Crippen molar-refractivity contribution >= 4 is 11.7 Å². The van der Waals surface area contributed by atoms with Crippen molar-refractivity contribution in [2.75, 3.05) is 6.54 Å². The summed E-state index contributed by atoms with van der Waals surface area (Å²) in [5.74, 6) is -0.478. The van der Waals surface area contributed by atoms with Crippen molar-refractivity contribution in [3.8, 4) is 0 Å². The minimum absolute atomic E-state index is 0.0483. The van der Waals surface area contributed by atoms with Gasteiger partial charge in [-0.2, -0.15) is 0 Å². The van der Waals surface area contributed by atoms with Crippen molar-refractivity contribution in [1.82, 2.24) is 5.32 Å². The fraction of sp³-hybridized carbons (Fsp3) is 0.263. The average Bonchev–Trinajstić information content (AvgIpc) is 2.56. The maximum Gasteiger partial charge on any atom is 0.220 e. The molecule has 1 amide bonds. The lowest BCUT2D eigenvalue weighted by Gasteiger charge is -2.05. The molecule has 4 heteroatoms. The van der Waals surface area contributed by atoms with Gasteiger partial charge in [0.25, 0.3) is 0 Å². The molecule has 1 N–H and O–H groups in total. The number of carbonyl (C=O) groups excluding carboxylic acids is 2. The van der Waals surface area contributed by atoms with E-state index < -0.39 is 0 Å². The van der Waals surface area contributed by atoms with Crippen molar-refractivity contribution in [3.63, 3.8) is 0 Å². The normalized spacial score (nSPS) is 10.3. The van der Waals surface area contributed by atoms with Gasteiger partial charge in [0.1, 0.15) is 5.82 Å². The Morgan fingerprint density at radius 3 is 2.30 bits per heavy atom. The fourth-order valence-corrected chi connectivity index (χ4v) is 2.27. The average molecular weight is 313 g/mol. The number of rotatable bonds is 8. The van der Waals surface area contributed by atoms with Crippen LogP contribution in [0.25, 0.3) is 0 Å². The number of hydrogen-bond acceptors (Lipinski definition) is 2. The molecule has 0 aromatic heterocycles. The van der Waals surface area contributed by atoms with Crippen LogP contribution < -0.4 is 5.32 Å². The minimum Gasteiger partial charge on any atom is -0.356 e. The second kappa shape index (κ2) is 8.83. The van der Waals surface area contributed by atoms with Crippen LogP contribution in [-0.2, 0) is 11.2 Å². The Labute approximate surface area is 135 Å². The highest BCUT2D eigenvalue weighted by molar-refractivity contribution is 5.96. The Balaban J connectivity index is 1.62. The molecule has 0 aliphatic heterocycles. The first-order chi connectivity index (χ1) is 11.1. The summed E-state index contributed by atoms with van der Waals surface area (Å²) in [4.78, 5) is 23.6. The molecule has 2 rings (SSSR count). The van der Waals surface area contributed by atoms with Crippen molar-refractivity contribution < 1.29 is 14.0 Å². The molecule has 3 nitrogen and oxygen atoms in total. The van der Waals surface area contributed by atoms with E-state index in [0.29, 0.717) is 24.9 Å². The summed E-state index contributed by atoms with van der Waals surface area (Å²) < 4.78 is 12.8. The molecule has 23 heavy (non-hydrogen) atoms. The molecule has 0 unspecified atom stereocenters. The van der Waals surface area contributed by atoms with Gasteiger partial charge in [-0.1, -0.05) is 30.3 Å². The third-order valence-electron chi connectivity index (χ3n) is 3.55. The molecule has 0 saturated heterocycles. The molecule has 0 heterocycles. The van der Waals surface area contributed by atoms with E-state index in [-0.39, 0.29) is 23.9 Å². The summed E-state index contributed by atoms with van der Waals surface area (Å²) in [5.41, 5.74) is 1.66. The molecule has 0 aliphatic carbocycles. The number of halogens is 1. The van der Waals surface area contributed by atoms with E-state index in [9.17, 15) is 14.0 Å². The molecule has 120 valence electrons. The Morgan fingerprint density at radius 2 is 1.61 bits per heavy atom. The maximum atomic E-state index is 12.8. The van der Waals surface area contributed by atoms with Crippen LogP contribution in [0, 0.1) is 5.82 Å². The predicted molar refractivity (Wildman–Crippen MR) is 87.7 cm³/mol. The number of Topliss-reactive ketones (excluding diaryl/α,β-unsaturated/α-hetero) is 1. The topological polar surface area (TPSA) is 46.2 Å². The number of hydrogen-bond donors (Lipinski definition) is 1. The van der Waals surface area contributed by atoms with Gasteiger partial charge >= 0.3 is 0 Å². The predicted octanol–water partition coefficient (Wildman–Crippen LogP) is 3.54. The molecular formula is C19H20FNO2. The number of carbonyl (C=O) groups is 2. The van der Waals surface area contributed by atoms with E-state index in [1.165, 1.54) is 29.8 Å². The Morgan fingerprint density at radius 1 is 0.913 bits per heavy atom. The number of amides is 1. The van der Waals surface area contributed by atoms with Gasteiger partial charge in [-0.15, -0.1) is 0 Å². The first-order valence-corrected chi connectivity index (χ1v) is 7.74. The van der Waals surface area contributed by atoms with E-state index in [1.54, 1.807) is 0 Å². The highest BCUT2D eigenvalue weighted by Gasteiger charge is 2.07. The number of ketones is 1. The SMILES string of the molecule is O=C(CCCC(=O)c1ccc(F)cc1)NCCc1ccccc1. The third-order valence-corrected chi connectivity index (χ3v) is 3.55. The first kappa shape index (κ1) is 16.9. The Kier molecular flexibility index (Phi) is 6.48. The summed E-state index contributed by atoms with van der Waals surface area (Å²) in [6.45, 7) is 0.592. The van der Waals surface area contributed by atoms with Crippen LogP contribution in [0.1, 0.15) is 35.2 Å². The van der Waals surface area contributed by atoms with Crippen LogP contribution in [0.4, 0.5) is 4.39 Å². The number of nitrogens with one attached hydrogen (secondary N) is 1. The maximum absolute atomic E-state index is 12.8. The van der Waals surface area contributed by atoms with Crippen molar-refractivity contribution in [3.05, 3.63) is 71.5 Å². The number of benzene rings is 2. The summed E-state index contributed by atoms with van der Waals surface area (Å²) in [6, 6.07) is 15.4. The quantitative estimate of drug-likeness (QED) is 0.758. The lowest BCUT2D eigenvalue weighted by molar-refractivity contribution is -0.121. The fourth-order valence-electron chi connectivity index (χ4n) is 2.27. The van der Waals surface area contributed by atoms with E-state index in [2.05, 4.69) is 5.32 Å². The minimum atomic E-state index is -0.362. The van der Waals surface area contributed by atoms with Gasteiger partial charge in [0.15, 0.2) is 5.78 Å². The van der Waals surface area contributed by atoms with Crippen LogP contribution in [0.5, 0.6) is 0 Å². The zero-order chi connectivity index (χ0) is 16.5. The molecule has 2 aromatic rings. The van der Waals surface area contributed by atoms with Gasteiger partial charge in [0, 0.05) is 24.9 Å². The van der Waals surface area contributed by atoms with Gasteiger partial charge in [0.2, 0.25) is 5.91 Å². The zero-order valence-electron chi connectivity index (χ0n) is 12.9. The largest absolute Gasteiger partial charge is 0.356 e. The van der Waals surface area contributed by atoms with E-state index in [1.807, 2.05) is 30.3 Å². The summed E-state index contributed by atoms with van der Waals surface area (Å²) in [6.07, 6.45) is 1.90. The molecule has 0 atom stereocenters. The molecule has 0 fully saturated rings. The van der Waals surface area contributed by atoms with Gasteiger partial charge in [0.05, 0.1) is 0 Å². The van der Waals surface area contributed by atoms with Crippen molar-refractivity contribution in [2.45, 2.75) is 25.7 Å². The van der Waals surface area contributed by atoms with Crippen LogP contribution in [-0.4, -0.2) is 18.2 Å². The summed E-state index contributed by atoms with van der Waals surface area (Å²) >= 11 is 0. The van der Waals surface area contributed by atoms with Crippen molar-refractivity contribution in [2.24, 2.45) is 0 Å². The van der Waals surface area contributed by atoms with E-state index in [0.717, 1.165) is 6.42 Å². The summed E-state index contributed by atoms with van der Waals surface area (Å²) in [5, 5.41) is 2.85. The van der Waals surface area contributed by atoms with E-state index >= 15 is 0 Å². The third kappa shape index (κ3) is 6.02. The van der Waals surface area contributed by atoms with Crippen molar-refractivity contribution in [1.29, 1.82) is 0 Å². The first-order valence-electron chi connectivity index (χ1n) is 7.74. The lowest BCUT2D eigenvalue weighted by Crippen LogP contribution is -2.25. The molecule has 0 saturated carbocycles. The van der Waals surface area contributed by atoms with Gasteiger partial charge in [-0.3, -0.25) is 9.59 Å². The standard InChI is InChI=1S/C19H20FNO2/c20-17-11-9-16(10-12-17)18(22)7-4-8-19(23)21-14-13-15-5-2-1-3-6-15/h1-3,5-6,9-12H,4,7-8,13-14H2,(H,21,23). The van der Waals surface area contributed by atoms with Gasteiger partial charge < -0.3 is 5.32 Å². The summed E-state index contributed by atoms with van der Waals surface area (Å²) in [7, 11) is 0. The molecule has 0 aliphatic rings. The molecule has 2 aromatic carbocycles.